The van der Waals surface area contributed by atoms with E-state index in [4.69, 9.17) is 10.5 Å². The number of hydrogen-bond acceptors (Lipinski definition) is 6. The summed E-state index contributed by atoms with van der Waals surface area (Å²) in [7, 11) is 0. The van der Waals surface area contributed by atoms with Crippen LogP contribution in [-0.4, -0.2) is 60.8 Å². The van der Waals surface area contributed by atoms with Crippen LogP contribution in [0.1, 0.15) is 12.1 Å². The van der Waals surface area contributed by atoms with E-state index in [0.717, 1.165) is 57.9 Å². The molecule has 0 unspecified atom stereocenters. The van der Waals surface area contributed by atoms with Crippen molar-refractivity contribution in [1.29, 1.82) is 0 Å². The Kier molecular flexibility index (Phi) is 6.00. The van der Waals surface area contributed by atoms with Gasteiger partial charge in [-0.1, -0.05) is 0 Å². The van der Waals surface area contributed by atoms with E-state index in [9.17, 15) is 0 Å². The minimum absolute atomic E-state index is 0.619. The molecular formula is C13H23N5O. The monoisotopic (exact) mass is 265 g/mol. The summed E-state index contributed by atoms with van der Waals surface area (Å²) in [4.78, 5) is 11.0. The molecule has 0 radical (unpaired) electrons. The maximum Gasteiger partial charge on any atom is 0.222 e. The largest absolute Gasteiger partial charge is 0.379 e. The number of nitrogens with two attached hydrogens (primary N) is 1. The molecule has 0 spiro atoms. The molecule has 0 atom stereocenters. The number of aromatic nitrogens is 2. The molecule has 0 bridgehead atoms. The fraction of sp³-hybridized carbons (Fsp3) is 0.692. The van der Waals surface area contributed by atoms with Crippen molar-refractivity contribution in [3.05, 3.63) is 18.0 Å². The molecule has 1 saturated heterocycles. The molecule has 1 aliphatic heterocycles. The number of nitrogens with one attached hydrogen (secondary N) is 1. The summed E-state index contributed by atoms with van der Waals surface area (Å²) < 4.78 is 5.32. The normalized spacial score (nSPS) is 16.5. The maximum absolute atomic E-state index is 5.52. The Balaban J connectivity index is 1.65. The SMILES string of the molecule is NCCc1ccnc(NCCCN2CCOCC2)n1. The summed E-state index contributed by atoms with van der Waals surface area (Å²) in [6.07, 6.45) is 3.66. The second-order valence-corrected chi connectivity index (χ2v) is 4.64. The van der Waals surface area contributed by atoms with Crippen LogP contribution in [0.5, 0.6) is 0 Å². The van der Waals surface area contributed by atoms with Crippen LogP contribution in [0.15, 0.2) is 12.3 Å². The molecule has 0 saturated carbocycles. The molecule has 1 aliphatic rings. The molecule has 19 heavy (non-hydrogen) atoms. The Morgan fingerprint density at radius 2 is 2.21 bits per heavy atom. The molecule has 6 heteroatoms. The van der Waals surface area contributed by atoms with Gasteiger partial charge in [0, 0.05) is 37.9 Å². The highest BCUT2D eigenvalue weighted by atomic mass is 16.5. The quantitative estimate of drug-likeness (QED) is 0.682. The van der Waals surface area contributed by atoms with Gasteiger partial charge in [-0.2, -0.15) is 0 Å². The number of anilines is 1. The van der Waals surface area contributed by atoms with Crippen LogP contribution in [0.4, 0.5) is 5.95 Å². The number of rotatable bonds is 7. The molecule has 2 rings (SSSR count). The minimum Gasteiger partial charge on any atom is -0.379 e. The predicted molar refractivity (Wildman–Crippen MR) is 75.2 cm³/mol. The molecule has 106 valence electrons. The molecule has 1 aromatic rings. The molecular weight excluding hydrogens is 242 g/mol. The first kappa shape index (κ1) is 14.2. The predicted octanol–water partition coefficient (Wildman–Crippen LogP) is 0.112. The first-order valence-corrected chi connectivity index (χ1v) is 6.94. The average molecular weight is 265 g/mol. The van der Waals surface area contributed by atoms with Gasteiger partial charge in [0.1, 0.15) is 0 Å². The average Bonchev–Trinajstić information content (AvgIpc) is 2.46. The van der Waals surface area contributed by atoms with Crippen molar-refractivity contribution in [2.24, 2.45) is 5.73 Å². The standard InChI is InChI=1S/C13H23N5O/c14-4-2-12-3-6-16-13(17-12)15-5-1-7-18-8-10-19-11-9-18/h3,6H,1-2,4-5,7-11,14H2,(H,15,16,17). The van der Waals surface area contributed by atoms with E-state index in [1.54, 1.807) is 6.20 Å². The van der Waals surface area contributed by atoms with Crippen molar-refractivity contribution in [2.75, 3.05) is 51.3 Å². The number of ether oxygens (including phenoxy) is 1. The lowest BCUT2D eigenvalue weighted by Crippen LogP contribution is -2.37. The molecule has 0 aromatic carbocycles. The van der Waals surface area contributed by atoms with Gasteiger partial charge in [-0.25, -0.2) is 9.97 Å². The van der Waals surface area contributed by atoms with Crippen LogP contribution in [0, 0.1) is 0 Å². The van der Waals surface area contributed by atoms with Gasteiger partial charge in [0.25, 0.3) is 0 Å². The molecule has 1 fully saturated rings. The van der Waals surface area contributed by atoms with Gasteiger partial charge in [-0.05, 0) is 25.6 Å². The minimum atomic E-state index is 0.619. The van der Waals surface area contributed by atoms with Gasteiger partial charge in [-0.15, -0.1) is 0 Å². The van der Waals surface area contributed by atoms with Crippen molar-refractivity contribution in [1.82, 2.24) is 14.9 Å². The fourth-order valence-electron chi connectivity index (χ4n) is 2.10. The van der Waals surface area contributed by atoms with Crippen LogP contribution >= 0.6 is 0 Å². The Labute approximate surface area is 114 Å². The molecule has 2 heterocycles. The van der Waals surface area contributed by atoms with E-state index in [2.05, 4.69) is 20.2 Å². The van der Waals surface area contributed by atoms with Crippen LogP contribution in [0.25, 0.3) is 0 Å². The van der Waals surface area contributed by atoms with E-state index < -0.39 is 0 Å². The first-order valence-electron chi connectivity index (χ1n) is 6.94. The van der Waals surface area contributed by atoms with Crippen molar-refractivity contribution < 1.29 is 4.74 Å². The number of nitrogens with zero attached hydrogens (tertiary/aromatic N) is 3. The molecule has 1 aromatic heterocycles. The van der Waals surface area contributed by atoms with Crippen LogP contribution in [0.2, 0.25) is 0 Å². The number of morpholine rings is 1. The first-order chi connectivity index (χ1) is 9.38. The zero-order valence-corrected chi connectivity index (χ0v) is 11.3. The Morgan fingerprint density at radius 3 is 3.00 bits per heavy atom. The van der Waals surface area contributed by atoms with Gasteiger partial charge < -0.3 is 15.8 Å². The van der Waals surface area contributed by atoms with Gasteiger partial charge in [0.05, 0.1) is 13.2 Å². The highest BCUT2D eigenvalue weighted by Gasteiger charge is 2.09. The lowest BCUT2D eigenvalue weighted by atomic mass is 10.3. The number of hydrogen-bond donors (Lipinski definition) is 2. The summed E-state index contributed by atoms with van der Waals surface area (Å²) in [5, 5.41) is 3.26. The van der Waals surface area contributed by atoms with Crippen molar-refractivity contribution in [3.63, 3.8) is 0 Å². The summed E-state index contributed by atoms with van der Waals surface area (Å²) >= 11 is 0. The van der Waals surface area contributed by atoms with Crippen molar-refractivity contribution in [2.45, 2.75) is 12.8 Å². The van der Waals surface area contributed by atoms with E-state index in [1.807, 2.05) is 6.07 Å². The summed E-state index contributed by atoms with van der Waals surface area (Å²) in [6.45, 7) is 6.41. The second kappa shape index (κ2) is 8.04. The highest BCUT2D eigenvalue weighted by Crippen LogP contribution is 2.02. The lowest BCUT2D eigenvalue weighted by Gasteiger charge is -2.26. The topological polar surface area (TPSA) is 76.3 Å². The van der Waals surface area contributed by atoms with Gasteiger partial charge in [-0.3, -0.25) is 4.90 Å². The van der Waals surface area contributed by atoms with E-state index in [-0.39, 0.29) is 0 Å². The van der Waals surface area contributed by atoms with E-state index in [1.165, 1.54) is 0 Å². The second-order valence-electron chi connectivity index (χ2n) is 4.64. The van der Waals surface area contributed by atoms with Gasteiger partial charge >= 0.3 is 0 Å². The van der Waals surface area contributed by atoms with Crippen LogP contribution in [-0.2, 0) is 11.2 Å². The van der Waals surface area contributed by atoms with Gasteiger partial charge in [0.2, 0.25) is 5.95 Å². The van der Waals surface area contributed by atoms with E-state index in [0.29, 0.717) is 12.5 Å². The van der Waals surface area contributed by atoms with Crippen molar-refractivity contribution in [3.8, 4) is 0 Å². The molecule has 6 nitrogen and oxygen atoms in total. The zero-order chi connectivity index (χ0) is 13.3. The Hall–Kier alpha value is -1.24. The molecule has 0 aliphatic carbocycles. The zero-order valence-electron chi connectivity index (χ0n) is 11.3. The third-order valence-corrected chi connectivity index (χ3v) is 3.15. The summed E-state index contributed by atoms with van der Waals surface area (Å²) in [5.74, 6) is 0.702. The molecule has 0 amide bonds. The Morgan fingerprint density at radius 1 is 1.37 bits per heavy atom. The lowest BCUT2D eigenvalue weighted by molar-refractivity contribution is 0.0378. The summed E-state index contributed by atoms with van der Waals surface area (Å²) in [5.41, 5.74) is 6.51. The van der Waals surface area contributed by atoms with Gasteiger partial charge in [0.15, 0.2) is 0 Å². The van der Waals surface area contributed by atoms with Crippen LogP contribution < -0.4 is 11.1 Å². The maximum atomic E-state index is 5.52. The fourth-order valence-corrected chi connectivity index (χ4v) is 2.10. The van der Waals surface area contributed by atoms with Crippen molar-refractivity contribution >= 4 is 5.95 Å². The smallest absolute Gasteiger partial charge is 0.222 e. The molecule has 3 N–H and O–H groups in total. The van der Waals surface area contributed by atoms with E-state index >= 15 is 0 Å². The highest BCUT2D eigenvalue weighted by molar-refractivity contribution is 5.24. The summed E-state index contributed by atoms with van der Waals surface area (Å²) in [6, 6.07) is 1.91. The van der Waals surface area contributed by atoms with Crippen LogP contribution in [0.3, 0.4) is 0 Å². The third-order valence-electron chi connectivity index (χ3n) is 3.15. The Bertz CT molecular complexity index is 368. The third kappa shape index (κ3) is 5.10.